The Morgan fingerprint density at radius 2 is 1.96 bits per heavy atom. The number of aliphatic hydroxyl groups excluding tert-OH is 1. The number of anilines is 1. The topological polar surface area (TPSA) is 69.6 Å². The van der Waals surface area contributed by atoms with E-state index in [2.05, 4.69) is 5.32 Å². The van der Waals surface area contributed by atoms with Crippen molar-refractivity contribution in [3.8, 4) is 0 Å². The quantitative estimate of drug-likeness (QED) is 0.824. The minimum atomic E-state index is -4.29. The van der Waals surface area contributed by atoms with Crippen LogP contribution in [0.1, 0.15) is 18.9 Å². The first kappa shape index (κ1) is 18.3. The molecule has 0 saturated carbocycles. The first-order valence-electron chi connectivity index (χ1n) is 7.60. The second-order valence-corrected chi connectivity index (χ2v) is 5.98. The van der Waals surface area contributed by atoms with Crippen molar-refractivity contribution in [1.29, 1.82) is 0 Å². The predicted octanol–water partition coefficient (Wildman–Crippen LogP) is 1.96. The summed E-state index contributed by atoms with van der Waals surface area (Å²) in [5.41, 5.74) is 0.330. The Morgan fingerprint density at radius 1 is 1.33 bits per heavy atom. The van der Waals surface area contributed by atoms with E-state index in [0.29, 0.717) is 19.5 Å². The second-order valence-electron chi connectivity index (χ2n) is 5.98. The maximum Gasteiger partial charge on any atom is 0.393 e. The highest BCUT2D eigenvalue weighted by molar-refractivity contribution is 6.39. The Kier molecular flexibility index (Phi) is 5.48. The monoisotopic (exact) mass is 344 g/mol. The molecule has 8 heteroatoms. The summed E-state index contributed by atoms with van der Waals surface area (Å²) in [5.74, 6) is -1.61. The molecular formula is C16H19F3N2O3. The maximum absolute atomic E-state index is 12.3. The number of likely N-dealkylation sites (tertiary alicyclic amines) is 1. The van der Waals surface area contributed by atoms with E-state index in [1.165, 1.54) is 29.2 Å². The number of aliphatic hydroxyl groups is 1. The van der Waals surface area contributed by atoms with E-state index in [4.69, 9.17) is 0 Å². The van der Waals surface area contributed by atoms with Crippen LogP contribution in [0.25, 0.3) is 0 Å². The van der Waals surface area contributed by atoms with Crippen LogP contribution in [0.5, 0.6) is 0 Å². The summed E-state index contributed by atoms with van der Waals surface area (Å²) in [6.45, 7) is 2.35. The van der Waals surface area contributed by atoms with Crippen molar-refractivity contribution >= 4 is 17.5 Å². The lowest BCUT2D eigenvalue weighted by Crippen LogP contribution is -2.38. The molecule has 1 fully saturated rings. The lowest BCUT2D eigenvalue weighted by Gasteiger charge is -2.17. The number of nitrogens with zero attached hydrogens (tertiary/aromatic N) is 1. The van der Waals surface area contributed by atoms with Gasteiger partial charge in [0.1, 0.15) is 0 Å². The number of carbonyl (C=O) groups is 2. The van der Waals surface area contributed by atoms with E-state index < -0.39 is 30.5 Å². The highest BCUT2D eigenvalue weighted by atomic mass is 19.4. The van der Waals surface area contributed by atoms with Gasteiger partial charge in [0.15, 0.2) is 0 Å². The summed E-state index contributed by atoms with van der Waals surface area (Å²) in [6.07, 6.45) is -5.26. The van der Waals surface area contributed by atoms with Crippen molar-refractivity contribution in [2.24, 2.45) is 5.92 Å². The standard InChI is InChI=1S/C16H19F3N2O3/c1-10(22)12-6-7-21(9-12)15(24)14(23)20-13-4-2-11(3-5-13)8-16(17,18)19/h2-5,10,12,22H,6-9H2,1H3,(H,20,23). The summed E-state index contributed by atoms with van der Waals surface area (Å²) in [5, 5.41) is 11.9. The number of hydrogen-bond donors (Lipinski definition) is 2. The minimum absolute atomic E-state index is 0.0524. The van der Waals surface area contributed by atoms with Gasteiger partial charge in [0.25, 0.3) is 0 Å². The number of hydrogen-bond acceptors (Lipinski definition) is 3. The molecule has 0 bridgehead atoms. The summed E-state index contributed by atoms with van der Waals surface area (Å²) >= 11 is 0. The molecule has 1 aliphatic rings. The second kappa shape index (κ2) is 7.21. The van der Waals surface area contributed by atoms with E-state index in [-0.39, 0.29) is 17.2 Å². The van der Waals surface area contributed by atoms with Gasteiger partial charge in [-0.15, -0.1) is 0 Å². The first-order chi connectivity index (χ1) is 11.2. The molecule has 2 unspecified atom stereocenters. The molecule has 1 saturated heterocycles. The van der Waals surface area contributed by atoms with E-state index in [9.17, 15) is 27.9 Å². The van der Waals surface area contributed by atoms with Crippen molar-refractivity contribution in [1.82, 2.24) is 4.90 Å². The summed E-state index contributed by atoms with van der Waals surface area (Å²) in [4.78, 5) is 25.4. The van der Waals surface area contributed by atoms with E-state index in [0.717, 1.165) is 0 Å². The molecular weight excluding hydrogens is 325 g/mol. The van der Waals surface area contributed by atoms with Gasteiger partial charge in [-0.25, -0.2) is 0 Å². The SMILES string of the molecule is CC(O)C1CCN(C(=O)C(=O)Nc2ccc(CC(F)(F)F)cc2)C1. The van der Waals surface area contributed by atoms with Crippen LogP contribution in [0.15, 0.2) is 24.3 Å². The average Bonchev–Trinajstić information content (AvgIpc) is 2.97. The normalized spacial score (nSPS) is 19.2. The number of nitrogens with one attached hydrogen (secondary N) is 1. The largest absolute Gasteiger partial charge is 0.393 e. The Balaban J connectivity index is 1.91. The molecule has 1 aromatic rings. The molecule has 2 N–H and O–H groups in total. The molecule has 1 aromatic carbocycles. The lowest BCUT2D eigenvalue weighted by molar-refractivity contribution is -0.142. The van der Waals surface area contributed by atoms with Gasteiger partial charge in [-0.05, 0) is 31.0 Å². The van der Waals surface area contributed by atoms with Crippen LogP contribution in [0.3, 0.4) is 0 Å². The molecule has 0 spiro atoms. The molecule has 2 atom stereocenters. The van der Waals surface area contributed by atoms with Gasteiger partial charge >= 0.3 is 18.0 Å². The number of benzene rings is 1. The lowest BCUT2D eigenvalue weighted by atomic mass is 10.0. The number of carbonyl (C=O) groups excluding carboxylic acids is 2. The fourth-order valence-corrected chi connectivity index (χ4v) is 2.63. The molecule has 2 rings (SSSR count). The van der Waals surface area contributed by atoms with Gasteiger partial charge in [-0.1, -0.05) is 12.1 Å². The Labute approximate surface area is 137 Å². The average molecular weight is 344 g/mol. The molecule has 0 aromatic heterocycles. The molecule has 1 aliphatic heterocycles. The van der Waals surface area contributed by atoms with E-state index in [1.807, 2.05) is 0 Å². The van der Waals surface area contributed by atoms with Crippen LogP contribution in [0, 0.1) is 5.92 Å². The van der Waals surface area contributed by atoms with Gasteiger partial charge in [0, 0.05) is 24.7 Å². The third-order valence-corrected chi connectivity index (χ3v) is 4.00. The zero-order chi connectivity index (χ0) is 17.9. The van der Waals surface area contributed by atoms with Crippen LogP contribution in [0.2, 0.25) is 0 Å². The summed E-state index contributed by atoms with van der Waals surface area (Å²) in [6, 6.07) is 5.17. The maximum atomic E-state index is 12.3. The fourth-order valence-electron chi connectivity index (χ4n) is 2.63. The smallest absolute Gasteiger partial charge is 0.393 e. The Bertz CT molecular complexity index is 600. The zero-order valence-electron chi connectivity index (χ0n) is 13.1. The van der Waals surface area contributed by atoms with Gasteiger partial charge in [-0.3, -0.25) is 9.59 Å². The van der Waals surface area contributed by atoms with E-state index >= 15 is 0 Å². The summed E-state index contributed by atoms with van der Waals surface area (Å²) < 4.78 is 36.8. The molecule has 132 valence electrons. The third-order valence-electron chi connectivity index (χ3n) is 4.00. The molecule has 5 nitrogen and oxygen atoms in total. The number of alkyl halides is 3. The van der Waals surface area contributed by atoms with Gasteiger partial charge in [0.05, 0.1) is 12.5 Å². The fraction of sp³-hybridized carbons (Fsp3) is 0.500. The Hall–Kier alpha value is -2.09. The van der Waals surface area contributed by atoms with Gasteiger partial charge in [-0.2, -0.15) is 13.2 Å². The Morgan fingerprint density at radius 3 is 2.46 bits per heavy atom. The molecule has 0 radical (unpaired) electrons. The molecule has 24 heavy (non-hydrogen) atoms. The van der Waals surface area contributed by atoms with Crippen LogP contribution in [-0.2, 0) is 16.0 Å². The van der Waals surface area contributed by atoms with Crippen molar-refractivity contribution in [2.75, 3.05) is 18.4 Å². The zero-order valence-corrected chi connectivity index (χ0v) is 13.1. The van der Waals surface area contributed by atoms with Crippen molar-refractivity contribution in [2.45, 2.75) is 32.0 Å². The first-order valence-corrected chi connectivity index (χ1v) is 7.60. The minimum Gasteiger partial charge on any atom is -0.393 e. The van der Waals surface area contributed by atoms with Crippen molar-refractivity contribution in [3.63, 3.8) is 0 Å². The summed E-state index contributed by atoms with van der Waals surface area (Å²) in [7, 11) is 0. The van der Waals surface area contributed by atoms with Crippen LogP contribution in [-0.4, -0.2) is 47.2 Å². The van der Waals surface area contributed by atoms with Crippen LogP contribution >= 0.6 is 0 Å². The number of halogens is 3. The molecule has 1 heterocycles. The van der Waals surface area contributed by atoms with Gasteiger partial charge in [0.2, 0.25) is 0 Å². The highest BCUT2D eigenvalue weighted by Crippen LogP contribution is 2.23. The van der Waals surface area contributed by atoms with Crippen LogP contribution in [0.4, 0.5) is 18.9 Å². The van der Waals surface area contributed by atoms with Crippen molar-refractivity contribution < 1.29 is 27.9 Å². The van der Waals surface area contributed by atoms with Gasteiger partial charge < -0.3 is 15.3 Å². The van der Waals surface area contributed by atoms with Crippen LogP contribution < -0.4 is 5.32 Å². The predicted molar refractivity (Wildman–Crippen MR) is 81.2 cm³/mol. The molecule has 2 amide bonds. The third kappa shape index (κ3) is 4.95. The van der Waals surface area contributed by atoms with Crippen molar-refractivity contribution in [3.05, 3.63) is 29.8 Å². The number of rotatable bonds is 3. The van der Waals surface area contributed by atoms with E-state index in [1.54, 1.807) is 6.92 Å². The highest BCUT2D eigenvalue weighted by Gasteiger charge is 2.32. The molecule has 0 aliphatic carbocycles. The number of amides is 2.